The third-order valence-electron chi connectivity index (χ3n) is 0.816. The zero-order valence-electron chi connectivity index (χ0n) is 4.43. The van der Waals surface area contributed by atoms with E-state index in [-0.39, 0.29) is 10.1 Å². The van der Waals surface area contributed by atoms with Crippen LogP contribution in [0.1, 0.15) is 4.88 Å². The predicted molar refractivity (Wildman–Crippen MR) is 40.2 cm³/mol. The third-order valence-corrected chi connectivity index (χ3v) is 2.07. The van der Waals surface area contributed by atoms with Gasteiger partial charge in [0.2, 0.25) is 0 Å². The molecule has 1 nitrogen and oxygen atoms in total. The average Bonchev–Trinajstić information content (AvgIpc) is 2.14. The number of thiophene rings is 1. The number of hydrogen-bond acceptors (Lipinski definition) is 2. The van der Waals surface area contributed by atoms with E-state index in [4.69, 9.17) is 5.73 Å². The Morgan fingerprint density at radius 2 is 2.33 bits per heavy atom. The molecule has 1 heterocycles. The van der Waals surface area contributed by atoms with Gasteiger partial charge in [-0.2, -0.15) is 4.39 Å². The molecule has 0 spiro atoms. The zero-order chi connectivity index (χ0) is 6.85. The summed E-state index contributed by atoms with van der Waals surface area (Å²) in [6.45, 7) is 0. The molecule has 0 saturated heterocycles. The van der Waals surface area contributed by atoms with Gasteiger partial charge in [0.1, 0.15) is 4.99 Å². The lowest BCUT2D eigenvalue weighted by molar-refractivity contribution is 0.657. The summed E-state index contributed by atoms with van der Waals surface area (Å²) < 4.78 is 12.2. The van der Waals surface area contributed by atoms with Crippen LogP contribution in [-0.4, -0.2) is 4.99 Å². The monoisotopic (exact) mass is 161 g/mol. The fourth-order valence-corrected chi connectivity index (χ4v) is 1.22. The van der Waals surface area contributed by atoms with E-state index in [1.807, 2.05) is 0 Å². The van der Waals surface area contributed by atoms with Crippen molar-refractivity contribution in [2.45, 2.75) is 0 Å². The molecule has 0 radical (unpaired) electrons. The quantitative estimate of drug-likeness (QED) is 0.632. The number of nitrogens with two attached hydrogens (primary N) is 1. The number of halogens is 1. The van der Waals surface area contributed by atoms with Crippen LogP contribution in [-0.2, 0) is 0 Å². The minimum absolute atomic E-state index is 0.252. The Hall–Kier alpha value is -0.480. The molecular formula is C5H4FNS2. The van der Waals surface area contributed by atoms with Crippen molar-refractivity contribution >= 4 is 28.5 Å². The maximum Gasteiger partial charge on any atom is 0.177 e. The lowest BCUT2D eigenvalue weighted by atomic mass is 10.5. The average molecular weight is 161 g/mol. The van der Waals surface area contributed by atoms with Gasteiger partial charge in [-0.1, -0.05) is 12.2 Å². The van der Waals surface area contributed by atoms with E-state index in [2.05, 4.69) is 12.2 Å². The molecule has 0 fully saturated rings. The fourth-order valence-electron chi connectivity index (χ4n) is 0.447. The summed E-state index contributed by atoms with van der Waals surface area (Å²) in [5, 5.41) is -0.252. The maximum absolute atomic E-state index is 12.2. The van der Waals surface area contributed by atoms with Gasteiger partial charge >= 0.3 is 0 Å². The van der Waals surface area contributed by atoms with Crippen LogP contribution >= 0.6 is 23.6 Å². The highest BCUT2D eigenvalue weighted by molar-refractivity contribution is 7.81. The first-order chi connectivity index (χ1) is 4.20. The van der Waals surface area contributed by atoms with Crippen molar-refractivity contribution in [3.8, 4) is 0 Å². The van der Waals surface area contributed by atoms with E-state index in [1.165, 1.54) is 6.07 Å². The molecule has 48 valence electrons. The van der Waals surface area contributed by atoms with Crippen LogP contribution in [0, 0.1) is 5.13 Å². The second kappa shape index (κ2) is 2.41. The van der Waals surface area contributed by atoms with E-state index in [0.717, 1.165) is 11.3 Å². The molecule has 4 heteroatoms. The molecular weight excluding hydrogens is 157 g/mol. The van der Waals surface area contributed by atoms with Crippen LogP contribution < -0.4 is 5.73 Å². The molecule has 0 aliphatic rings. The van der Waals surface area contributed by atoms with Crippen molar-refractivity contribution in [3.05, 3.63) is 22.1 Å². The van der Waals surface area contributed by atoms with E-state index in [9.17, 15) is 4.39 Å². The topological polar surface area (TPSA) is 26.0 Å². The second-order valence-corrected chi connectivity index (χ2v) is 2.94. The lowest BCUT2D eigenvalue weighted by Crippen LogP contribution is -2.06. The van der Waals surface area contributed by atoms with E-state index in [0.29, 0.717) is 4.88 Å². The van der Waals surface area contributed by atoms with Crippen LogP contribution in [0.15, 0.2) is 12.1 Å². The first-order valence-corrected chi connectivity index (χ1v) is 3.48. The highest BCUT2D eigenvalue weighted by Gasteiger charge is 1.99. The summed E-state index contributed by atoms with van der Waals surface area (Å²) in [5.41, 5.74) is 5.20. The summed E-state index contributed by atoms with van der Waals surface area (Å²) in [4.78, 5) is 0.881. The van der Waals surface area contributed by atoms with Gasteiger partial charge in [-0.25, -0.2) is 0 Å². The lowest BCUT2D eigenvalue weighted by Gasteiger charge is -1.84. The Bertz CT molecular complexity index is 231. The van der Waals surface area contributed by atoms with Crippen LogP contribution in [0.4, 0.5) is 4.39 Å². The van der Waals surface area contributed by atoms with Crippen molar-refractivity contribution in [2.24, 2.45) is 5.73 Å². The SMILES string of the molecule is NC(=S)c1ccc(F)s1. The predicted octanol–water partition coefficient (Wildman–Crippen LogP) is 1.52. The Morgan fingerprint density at radius 1 is 1.67 bits per heavy atom. The van der Waals surface area contributed by atoms with Crippen LogP contribution in [0.3, 0.4) is 0 Å². The van der Waals surface area contributed by atoms with E-state index < -0.39 is 0 Å². The van der Waals surface area contributed by atoms with Crippen molar-refractivity contribution in [1.82, 2.24) is 0 Å². The molecule has 0 aromatic carbocycles. The van der Waals surface area contributed by atoms with Gasteiger partial charge in [-0.15, -0.1) is 11.3 Å². The van der Waals surface area contributed by atoms with Gasteiger partial charge in [-0.05, 0) is 12.1 Å². The van der Waals surface area contributed by atoms with Crippen LogP contribution in [0.2, 0.25) is 0 Å². The fraction of sp³-hybridized carbons (Fsp3) is 0. The van der Waals surface area contributed by atoms with Gasteiger partial charge in [0.25, 0.3) is 0 Å². The maximum atomic E-state index is 12.2. The molecule has 1 aromatic heterocycles. The zero-order valence-corrected chi connectivity index (χ0v) is 6.06. The molecule has 9 heavy (non-hydrogen) atoms. The first-order valence-electron chi connectivity index (χ1n) is 2.25. The Morgan fingerprint density at radius 3 is 2.56 bits per heavy atom. The van der Waals surface area contributed by atoms with Crippen molar-refractivity contribution in [1.29, 1.82) is 0 Å². The van der Waals surface area contributed by atoms with Crippen LogP contribution in [0.25, 0.3) is 0 Å². The normalized spacial score (nSPS) is 9.44. The highest BCUT2D eigenvalue weighted by atomic mass is 32.1. The molecule has 2 N–H and O–H groups in total. The summed E-state index contributed by atoms with van der Waals surface area (Å²) in [5.74, 6) is 0. The standard InChI is InChI=1S/C5H4FNS2/c6-4-2-1-3(9-4)5(7)8/h1-2H,(H2,7,8). The molecule has 1 aromatic rings. The van der Waals surface area contributed by atoms with Gasteiger partial charge in [0, 0.05) is 0 Å². The minimum atomic E-state index is -0.252. The molecule has 1 rings (SSSR count). The van der Waals surface area contributed by atoms with E-state index >= 15 is 0 Å². The number of hydrogen-bond donors (Lipinski definition) is 1. The van der Waals surface area contributed by atoms with Gasteiger partial charge in [-0.3, -0.25) is 0 Å². The molecule has 0 atom stereocenters. The van der Waals surface area contributed by atoms with Gasteiger partial charge in [0.05, 0.1) is 4.88 Å². The van der Waals surface area contributed by atoms with Crippen LogP contribution in [0.5, 0.6) is 0 Å². The Kier molecular flexibility index (Phi) is 1.78. The van der Waals surface area contributed by atoms with Crippen molar-refractivity contribution in [2.75, 3.05) is 0 Å². The Labute approximate surface area is 61.3 Å². The molecule has 0 saturated carbocycles. The summed E-state index contributed by atoms with van der Waals surface area (Å²) in [7, 11) is 0. The minimum Gasteiger partial charge on any atom is -0.389 e. The van der Waals surface area contributed by atoms with E-state index in [1.54, 1.807) is 6.07 Å². The summed E-state index contributed by atoms with van der Waals surface area (Å²) in [6.07, 6.45) is 0. The molecule has 0 bridgehead atoms. The molecule has 0 aliphatic heterocycles. The van der Waals surface area contributed by atoms with Gasteiger partial charge in [0.15, 0.2) is 5.13 Å². The Balaban J connectivity index is 2.98. The molecule has 0 amide bonds. The third kappa shape index (κ3) is 1.46. The first kappa shape index (κ1) is 6.64. The smallest absolute Gasteiger partial charge is 0.177 e. The molecule has 0 unspecified atom stereocenters. The molecule has 0 aliphatic carbocycles. The number of rotatable bonds is 1. The number of thiocarbonyl (C=S) groups is 1. The summed E-state index contributed by atoms with van der Waals surface area (Å²) in [6, 6.07) is 2.92. The van der Waals surface area contributed by atoms with Crippen molar-refractivity contribution in [3.63, 3.8) is 0 Å². The second-order valence-electron chi connectivity index (χ2n) is 1.47. The summed E-state index contributed by atoms with van der Waals surface area (Å²) >= 11 is 5.56. The van der Waals surface area contributed by atoms with Gasteiger partial charge < -0.3 is 5.73 Å². The largest absolute Gasteiger partial charge is 0.389 e. The van der Waals surface area contributed by atoms with Crippen molar-refractivity contribution < 1.29 is 4.39 Å². The highest BCUT2D eigenvalue weighted by Crippen LogP contribution is 2.13.